The highest BCUT2D eigenvalue weighted by Gasteiger charge is 2.36. The topological polar surface area (TPSA) is 158 Å². The van der Waals surface area contributed by atoms with Gasteiger partial charge in [-0.1, -0.05) is 42.5 Å². The molecule has 0 spiro atoms. The molecule has 3 N–H and O–H groups in total. The summed E-state index contributed by atoms with van der Waals surface area (Å²) in [4.78, 5) is 52.9. The Bertz CT molecular complexity index is 1200. The van der Waals surface area contributed by atoms with Crippen LogP contribution in [-0.2, 0) is 30.3 Å². The number of hydrogen-bond donors (Lipinski definition) is 3. The van der Waals surface area contributed by atoms with Crippen LogP contribution in [0.4, 0.5) is 4.79 Å². The number of carbonyl (C=O) groups is 4. The zero-order valence-corrected chi connectivity index (χ0v) is 23.2. The van der Waals surface area contributed by atoms with Gasteiger partial charge in [0.1, 0.15) is 30.0 Å². The van der Waals surface area contributed by atoms with E-state index >= 15 is 0 Å². The second-order valence-corrected chi connectivity index (χ2v) is 9.86. The van der Waals surface area contributed by atoms with Crippen molar-refractivity contribution in [3.8, 4) is 11.8 Å². The van der Waals surface area contributed by atoms with E-state index in [2.05, 4.69) is 10.6 Å². The molecule has 40 heavy (non-hydrogen) atoms. The highest BCUT2D eigenvalue weighted by molar-refractivity contribution is 5.92. The third-order valence-corrected chi connectivity index (χ3v) is 5.48. The number of rotatable bonds is 12. The molecule has 214 valence electrons. The van der Waals surface area contributed by atoms with Gasteiger partial charge >= 0.3 is 12.1 Å². The number of nitriles is 1. The Kier molecular flexibility index (Phi) is 12.0. The number of amides is 3. The minimum Gasteiger partial charge on any atom is -0.508 e. The maximum Gasteiger partial charge on any atom is 0.408 e. The molecule has 0 aliphatic heterocycles. The fourth-order valence-electron chi connectivity index (χ4n) is 3.86. The number of ether oxygens (including phenoxy) is 2. The van der Waals surface area contributed by atoms with E-state index in [-0.39, 0.29) is 37.3 Å². The SMILES string of the molecule is CCOC(=O)CCNC(=O)C(c1cccc(O)c1)N(CC#N)C(=O)C(Cc1ccccc1)NC(=O)OC(C)(C)C. The molecular weight excluding hydrogens is 516 g/mol. The van der Waals surface area contributed by atoms with Crippen molar-refractivity contribution in [2.24, 2.45) is 0 Å². The summed E-state index contributed by atoms with van der Waals surface area (Å²) in [6.07, 6.45) is -0.889. The second-order valence-electron chi connectivity index (χ2n) is 9.86. The van der Waals surface area contributed by atoms with Crippen LogP contribution in [0.2, 0.25) is 0 Å². The fourth-order valence-corrected chi connectivity index (χ4v) is 3.86. The van der Waals surface area contributed by atoms with Crippen molar-refractivity contribution in [1.29, 1.82) is 5.26 Å². The summed E-state index contributed by atoms with van der Waals surface area (Å²) in [5.74, 6) is -2.07. The Morgan fingerprint density at radius 3 is 2.38 bits per heavy atom. The first-order valence-electron chi connectivity index (χ1n) is 12.9. The maximum atomic E-state index is 14.0. The van der Waals surface area contributed by atoms with Gasteiger partial charge in [-0.15, -0.1) is 0 Å². The normalized spacial score (nSPS) is 12.3. The minimum absolute atomic E-state index is 0.0537. The lowest BCUT2D eigenvalue weighted by Crippen LogP contribution is -2.54. The molecule has 3 amide bonds. The van der Waals surface area contributed by atoms with Gasteiger partial charge in [0.2, 0.25) is 11.8 Å². The van der Waals surface area contributed by atoms with Crippen LogP contribution in [0, 0.1) is 11.3 Å². The van der Waals surface area contributed by atoms with E-state index < -0.39 is 48.1 Å². The maximum absolute atomic E-state index is 14.0. The van der Waals surface area contributed by atoms with Gasteiger partial charge in [0.05, 0.1) is 19.1 Å². The number of carbonyl (C=O) groups excluding carboxylic acids is 4. The van der Waals surface area contributed by atoms with Gasteiger partial charge in [-0.3, -0.25) is 14.4 Å². The van der Waals surface area contributed by atoms with Crippen LogP contribution in [0.1, 0.15) is 51.3 Å². The number of esters is 1. The van der Waals surface area contributed by atoms with Crippen LogP contribution >= 0.6 is 0 Å². The first kappa shape index (κ1) is 31.6. The van der Waals surface area contributed by atoms with Gasteiger partial charge in [-0.25, -0.2) is 4.79 Å². The molecule has 11 heteroatoms. The van der Waals surface area contributed by atoms with Crippen LogP contribution in [0.3, 0.4) is 0 Å². The number of nitrogens with zero attached hydrogens (tertiary/aromatic N) is 2. The van der Waals surface area contributed by atoms with Crippen LogP contribution in [-0.4, -0.2) is 65.2 Å². The summed E-state index contributed by atoms with van der Waals surface area (Å²) in [6.45, 7) is 6.31. The molecule has 0 radical (unpaired) electrons. The summed E-state index contributed by atoms with van der Waals surface area (Å²) < 4.78 is 10.2. The summed E-state index contributed by atoms with van der Waals surface area (Å²) >= 11 is 0. The lowest BCUT2D eigenvalue weighted by molar-refractivity contribution is -0.144. The van der Waals surface area contributed by atoms with Crippen molar-refractivity contribution in [2.45, 2.75) is 58.2 Å². The van der Waals surface area contributed by atoms with Crippen molar-refractivity contribution in [3.05, 3.63) is 65.7 Å². The van der Waals surface area contributed by atoms with E-state index in [0.29, 0.717) is 0 Å². The zero-order valence-electron chi connectivity index (χ0n) is 23.2. The van der Waals surface area contributed by atoms with Gasteiger partial charge in [-0.2, -0.15) is 5.26 Å². The molecule has 0 saturated heterocycles. The highest BCUT2D eigenvalue weighted by atomic mass is 16.6. The van der Waals surface area contributed by atoms with Crippen LogP contribution < -0.4 is 10.6 Å². The van der Waals surface area contributed by atoms with Crippen molar-refractivity contribution in [1.82, 2.24) is 15.5 Å². The third-order valence-electron chi connectivity index (χ3n) is 5.48. The van der Waals surface area contributed by atoms with Crippen LogP contribution in [0.15, 0.2) is 54.6 Å². The lowest BCUT2D eigenvalue weighted by Gasteiger charge is -2.33. The average molecular weight is 553 g/mol. The summed E-state index contributed by atoms with van der Waals surface area (Å²) in [6, 6.07) is 14.0. The Hall–Kier alpha value is -4.59. The Morgan fingerprint density at radius 2 is 1.77 bits per heavy atom. The predicted octanol–water partition coefficient (Wildman–Crippen LogP) is 2.99. The van der Waals surface area contributed by atoms with E-state index in [1.165, 1.54) is 24.3 Å². The number of aromatic hydroxyl groups is 1. The molecule has 2 aromatic carbocycles. The summed E-state index contributed by atoms with van der Waals surface area (Å²) in [5, 5.41) is 24.9. The summed E-state index contributed by atoms with van der Waals surface area (Å²) in [7, 11) is 0. The molecule has 2 rings (SSSR count). The number of benzene rings is 2. The monoisotopic (exact) mass is 552 g/mol. The minimum atomic E-state index is -1.36. The molecular formula is C29H36N4O7. The van der Waals surface area contributed by atoms with Crippen molar-refractivity contribution in [3.63, 3.8) is 0 Å². The molecule has 2 atom stereocenters. The Balaban J connectivity index is 2.45. The molecule has 0 aliphatic carbocycles. The van der Waals surface area contributed by atoms with E-state index in [1.807, 2.05) is 12.1 Å². The standard InChI is InChI=1S/C29H36N4O7/c1-5-39-24(35)14-16-31-26(36)25(21-12-9-13-22(34)19-21)33(17-15-30)27(37)23(18-20-10-7-6-8-11-20)32-28(38)40-29(2,3)4/h6-13,19,23,25,34H,5,14,16-18H2,1-4H3,(H,31,36)(H,32,38). The molecule has 0 aliphatic rings. The van der Waals surface area contributed by atoms with Crippen LogP contribution in [0.5, 0.6) is 5.75 Å². The lowest BCUT2D eigenvalue weighted by atomic mass is 10.00. The van der Waals surface area contributed by atoms with Gasteiger partial charge in [-0.05, 0) is 51.0 Å². The fraction of sp³-hybridized carbons (Fsp3) is 0.414. The molecule has 0 fully saturated rings. The van der Waals surface area contributed by atoms with Gasteiger partial charge in [0.25, 0.3) is 0 Å². The molecule has 0 saturated carbocycles. The highest BCUT2D eigenvalue weighted by Crippen LogP contribution is 2.26. The number of hydrogen-bond acceptors (Lipinski definition) is 8. The van der Waals surface area contributed by atoms with Crippen molar-refractivity contribution >= 4 is 23.9 Å². The van der Waals surface area contributed by atoms with Gasteiger partial charge < -0.3 is 30.1 Å². The summed E-state index contributed by atoms with van der Waals surface area (Å²) in [5.41, 5.74) is 0.120. The Morgan fingerprint density at radius 1 is 1.07 bits per heavy atom. The molecule has 0 heterocycles. The Labute approximate surface area is 234 Å². The average Bonchev–Trinajstić information content (AvgIpc) is 2.87. The third kappa shape index (κ3) is 10.3. The number of nitrogens with one attached hydrogen (secondary N) is 2. The predicted molar refractivity (Wildman–Crippen MR) is 146 cm³/mol. The quantitative estimate of drug-likeness (QED) is 0.268. The van der Waals surface area contributed by atoms with E-state index in [4.69, 9.17) is 9.47 Å². The molecule has 2 unspecified atom stereocenters. The first-order chi connectivity index (χ1) is 18.9. The molecule has 0 aromatic heterocycles. The van der Waals surface area contributed by atoms with E-state index in [0.717, 1.165) is 10.5 Å². The van der Waals surface area contributed by atoms with Crippen LogP contribution in [0.25, 0.3) is 0 Å². The van der Waals surface area contributed by atoms with E-state index in [9.17, 15) is 29.5 Å². The number of alkyl carbamates (subject to hydrolysis) is 1. The van der Waals surface area contributed by atoms with Crippen molar-refractivity contribution in [2.75, 3.05) is 19.7 Å². The number of phenols is 1. The van der Waals surface area contributed by atoms with E-state index in [1.54, 1.807) is 52.0 Å². The molecule has 11 nitrogen and oxygen atoms in total. The van der Waals surface area contributed by atoms with Gasteiger partial charge in [0.15, 0.2) is 0 Å². The molecule has 2 aromatic rings. The largest absolute Gasteiger partial charge is 0.508 e. The second kappa shape index (κ2) is 15.1. The van der Waals surface area contributed by atoms with Gasteiger partial charge in [0, 0.05) is 13.0 Å². The number of phenolic OH excluding ortho intramolecular Hbond substituents is 1. The smallest absolute Gasteiger partial charge is 0.408 e. The van der Waals surface area contributed by atoms with Crippen molar-refractivity contribution < 1.29 is 33.8 Å². The molecule has 0 bridgehead atoms. The first-order valence-corrected chi connectivity index (χ1v) is 12.9. The zero-order chi connectivity index (χ0) is 29.7.